The summed E-state index contributed by atoms with van der Waals surface area (Å²) in [6, 6.07) is 1.72. The minimum Gasteiger partial charge on any atom is -0.383 e. The molecule has 0 N–H and O–H groups in total. The Morgan fingerprint density at radius 2 is 2.33 bits per heavy atom. The zero-order valence-electron chi connectivity index (χ0n) is 12.8. The molecule has 116 valence electrons. The number of carbonyl (C=O) groups excluding carboxylic acids is 1. The Kier molecular flexibility index (Phi) is 3.99. The van der Waals surface area contributed by atoms with Crippen molar-refractivity contribution in [3.8, 4) is 0 Å². The quantitative estimate of drug-likeness (QED) is 0.837. The van der Waals surface area contributed by atoms with Gasteiger partial charge in [-0.15, -0.1) is 0 Å². The number of hydrogen-bond acceptors (Lipinski definition) is 5. The number of carbonyl (C=O) groups is 1. The zero-order valence-corrected chi connectivity index (χ0v) is 12.8. The van der Waals surface area contributed by atoms with E-state index in [0.717, 1.165) is 39.2 Å². The molecule has 1 spiro atoms. The second-order valence-electron chi connectivity index (χ2n) is 6.11. The van der Waals surface area contributed by atoms with Crippen molar-refractivity contribution in [1.82, 2.24) is 15.0 Å². The van der Waals surface area contributed by atoms with Crippen LogP contribution in [0.3, 0.4) is 0 Å². The van der Waals surface area contributed by atoms with E-state index in [-0.39, 0.29) is 11.4 Å². The number of aromatic nitrogens is 1. The van der Waals surface area contributed by atoms with Gasteiger partial charge in [0.1, 0.15) is 5.76 Å². The van der Waals surface area contributed by atoms with Gasteiger partial charge in [-0.2, -0.15) is 0 Å². The lowest BCUT2D eigenvalue weighted by Crippen LogP contribution is -2.67. The van der Waals surface area contributed by atoms with Gasteiger partial charge in [0.2, 0.25) is 0 Å². The average Bonchev–Trinajstić information content (AvgIpc) is 2.92. The van der Waals surface area contributed by atoms with E-state index < -0.39 is 0 Å². The summed E-state index contributed by atoms with van der Waals surface area (Å²) >= 11 is 0. The molecule has 21 heavy (non-hydrogen) atoms. The van der Waals surface area contributed by atoms with Crippen molar-refractivity contribution in [2.75, 3.05) is 39.9 Å². The van der Waals surface area contributed by atoms with E-state index in [9.17, 15) is 4.79 Å². The lowest BCUT2D eigenvalue weighted by Gasteiger charge is -2.57. The van der Waals surface area contributed by atoms with Crippen LogP contribution in [-0.2, 0) is 4.74 Å². The monoisotopic (exact) mass is 293 g/mol. The maximum absolute atomic E-state index is 12.5. The highest BCUT2D eigenvalue weighted by molar-refractivity contribution is 5.92. The van der Waals surface area contributed by atoms with Gasteiger partial charge in [-0.25, -0.2) is 0 Å². The second kappa shape index (κ2) is 5.77. The Morgan fingerprint density at radius 3 is 2.95 bits per heavy atom. The first-order chi connectivity index (χ1) is 10.1. The Hall–Kier alpha value is -1.40. The SMILES string of the molecule is COCCN1CCC12CCCN(C(=O)c1cc(C)on1)C2. The normalized spacial score (nSPS) is 26.1. The van der Waals surface area contributed by atoms with Crippen molar-refractivity contribution >= 4 is 5.91 Å². The minimum atomic E-state index is -0.00971. The Labute approximate surface area is 125 Å². The number of rotatable bonds is 4. The number of methoxy groups -OCH3 is 1. The summed E-state index contributed by atoms with van der Waals surface area (Å²) in [5, 5.41) is 3.85. The summed E-state index contributed by atoms with van der Waals surface area (Å²) < 4.78 is 10.2. The fourth-order valence-electron chi connectivity index (χ4n) is 3.51. The molecule has 1 unspecified atom stereocenters. The number of aryl methyl sites for hydroxylation is 1. The van der Waals surface area contributed by atoms with Gasteiger partial charge >= 0.3 is 0 Å². The number of ether oxygens (including phenoxy) is 1. The van der Waals surface area contributed by atoms with Crippen LogP contribution in [0.25, 0.3) is 0 Å². The largest absolute Gasteiger partial charge is 0.383 e. The molecule has 1 aromatic heterocycles. The van der Waals surface area contributed by atoms with E-state index in [4.69, 9.17) is 9.26 Å². The number of amides is 1. The van der Waals surface area contributed by atoms with Crippen LogP contribution in [-0.4, -0.2) is 66.3 Å². The Balaban J connectivity index is 1.67. The molecule has 1 amide bonds. The van der Waals surface area contributed by atoms with Crippen LogP contribution in [0.4, 0.5) is 0 Å². The van der Waals surface area contributed by atoms with E-state index in [1.165, 1.54) is 12.8 Å². The van der Waals surface area contributed by atoms with Crippen LogP contribution in [0.15, 0.2) is 10.6 Å². The van der Waals surface area contributed by atoms with Crippen molar-refractivity contribution in [3.05, 3.63) is 17.5 Å². The van der Waals surface area contributed by atoms with Crippen molar-refractivity contribution in [1.29, 1.82) is 0 Å². The molecule has 2 saturated heterocycles. The molecular weight excluding hydrogens is 270 g/mol. The van der Waals surface area contributed by atoms with Crippen LogP contribution in [0.5, 0.6) is 0 Å². The Bertz CT molecular complexity index is 516. The number of nitrogens with zero attached hydrogens (tertiary/aromatic N) is 3. The van der Waals surface area contributed by atoms with Crippen molar-refractivity contribution in [2.45, 2.75) is 31.7 Å². The molecule has 6 nitrogen and oxygen atoms in total. The van der Waals surface area contributed by atoms with Gasteiger partial charge in [-0.05, 0) is 26.2 Å². The highest BCUT2D eigenvalue weighted by Gasteiger charge is 2.47. The first-order valence-electron chi connectivity index (χ1n) is 7.61. The highest BCUT2D eigenvalue weighted by atomic mass is 16.5. The maximum atomic E-state index is 12.5. The van der Waals surface area contributed by atoms with E-state index in [1.807, 2.05) is 4.90 Å². The predicted octanol–water partition coefficient (Wildman–Crippen LogP) is 1.31. The van der Waals surface area contributed by atoms with Crippen LogP contribution >= 0.6 is 0 Å². The zero-order chi connectivity index (χ0) is 14.9. The summed E-state index contributed by atoms with van der Waals surface area (Å²) in [4.78, 5) is 16.9. The Morgan fingerprint density at radius 1 is 1.48 bits per heavy atom. The van der Waals surface area contributed by atoms with E-state index in [1.54, 1.807) is 20.1 Å². The van der Waals surface area contributed by atoms with Gasteiger partial charge in [-0.3, -0.25) is 9.69 Å². The van der Waals surface area contributed by atoms with Crippen molar-refractivity contribution < 1.29 is 14.1 Å². The molecule has 3 heterocycles. The van der Waals surface area contributed by atoms with Crippen molar-refractivity contribution in [3.63, 3.8) is 0 Å². The van der Waals surface area contributed by atoms with E-state index in [0.29, 0.717) is 11.5 Å². The summed E-state index contributed by atoms with van der Waals surface area (Å²) in [6.07, 6.45) is 3.38. The van der Waals surface area contributed by atoms with Gasteiger partial charge < -0.3 is 14.2 Å². The second-order valence-corrected chi connectivity index (χ2v) is 6.11. The summed E-state index contributed by atoms with van der Waals surface area (Å²) in [5.41, 5.74) is 0.581. The van der Waals surface area contributed by atoms with Gasteiger partial charge in [0.05, 0.1) is 6.61 Å². The molecule has 0 radical (unpaired) electrons. The van der Waals surface area contributed by atoms with Gasteiger partial charge in [0, 0.05) is 44.9 Å². The third kappa shape index (κ3) is 2.70. The van der Waals surface area contributed by atoms with Crippen molar-refractivity contribution in [2.24, 2.45) is 0 Å². The molecule has 2 aliphatic rings. The highest BCUT2D eigenvalue weighted by Crippen LogP contribution is 2.38. The first-order valence-corrected chi connectivity index (χ1v) is 7.61. The molecule has 6 heteroatoms. The topological polar surface area (TPSA) is 58.8 Å². The molecule has 2 fully saturated rings. The molecule has 0 aromatic carbocycles. The van der Waals surface area contributed by atoms with E-state index >= 15 is 0 Å². The summed E-state index contributed by atoms with van der Waals surface area (Å²) in [5.74, 6) is 0.667. The lowest BCUT2D eigenvalue weighted by atomic mass is 9.77. The molecule has 1 aromatic rings. The van der Waals surface area contributed by atoms with Crippen LogP contribution in [0, 0.1) is 6.92 Å². The minimum absolute atomic E-state index is 0.00971. The third-order valence-electron chi connectivity index (χ3n) is 4.77. The molecular formula is C15H23N3O3. The van der Waals surface area contributed by atoms with Crippen LogP contribution in [0.1, 0.15) is 35.5 Å². The average molecular weight is 293 g/mol. The molecule has 0 aliphatic carbocycles. The van der Waals surface area contributed by atoms with Gasteiger partial charge in [0.15, 0.2) is 5.69 Å². The summed E-state index contributed by atoms with van der Waals surface area (Å²) in [6.45, 7) is 6.21. The smallest absolute Gasteiger partial charge is 0.276 e. The van der Waals surface area contributed by atoms with Gasteiger partial charge in [-0.1, -0.05) is 5.16 Å². The first kappa shape index (κ1) is 14.5. The number of hydrogen-bond donors (Lipinski definition) is 0. The molecule has 0 bridgehead atoms. The van der Waals surface area contributed by atoms with Crippen LogP contribution in [0.2, 0.25) is 0 Å². The number of piperidine rings is 1. The van der Waals surface area contributed by atoms with Gasteiger partial charge in [0.25, 0.3) is 5.91 Å². The molecule has 2 aliphatic heterocycles. The predicted molar refractivity (Wildman–Crippen MR) is 77.2 cm³/mol. The fraction of sp³-hybridized carbons (Fsp3) is 0.733. The summed E-state index contributed by atoms with van der Waals surface area (Å²) in [7, 11) is 1.73. The standard InChI is InChI=1S/C15H23N3O3/c1-12-10-13(16-21-12)14(19)17-6-3-4-15(11-17)5-7-18(15)8-9-20-2/h10H,3-9,11H2,1-2H3. The molecule has 0 saturated carbocycles. The molecule has 3 rings (SSSR count). The maximum Gasteiger partial charge on any atom is 0.276 e. The van der Waals surface area contributed by atoms with E-state index in [2.05, 4.69) is 10.1 Å². The number of likely N-dealkylation sites (tertiary alicyclic amines) is 2. The lowest BCUT2D eigenvalue weighted by molar-refractivity contribution is -0.0680. The third-order valence-corrected chi connectivity index (χ3v) is 4.77. The molecule has 1 atom stereocenters. The van der Waals surface area contributed by atoms with Crippen LogP contribution < -0.4 is 0 Å². The fourth-order valence-corrected chi connectivity index (χ4v) is 3.51.